The molecule has 0 spiro atoms. The van der Waals surface area contributed by atoms with E-state index >= 15 is 0 Å². The van der Waals surface area contributed by atoms with Crippen LogP contribution >= 0.6 is 24.4 Å². The number of thioether (sulfide) groups is 1. The number of aliphatic imine (C=N–C) groups is 1. The summed E-state index contributed by atoms with van der Waals surface area (Å²) in [5, 5.41) is 4.06. The van der Waals surface area contributed by atoms with Gasteiger partial charge in [0.15, 0.2) is 5.17 Å². The van der Waals surface area contributed by atoms with E-state index < -0.39 is 0 Å². The van der Waals surface area contributed by atoms with Gasteiger partial charge in [0.1, 0.15) is 0 Å². The zero-order valence-electron chi connectivity index (χ0n) is 13.5. The first-order valence-corrected chi connectivity index (χ1v) is 9.21. The van der Waals surface area contributed by atoms with Crippen molar-refractivity contribution in [3.63, 3.8) is 0 Å². The molecule has 0 saturated heterocycles. The van der Waals surface area contributed by atoms with Gasteiger partial charge in [-0.3, -0.25) is 0 Å². The first kappa shape index (κ1) is 19.0. The Hall–Kier alpha value is -1.07. The first-order chi connectivity index (χ1) is 10.5. The maximum atomic E-state index is 5.88. The molecule has 1 aliphatic rings. The van der Waals surface area contributed by atoms with Crippen molar-refractivity contribution < 1.29 is 0 Å². The molecule has 1 aliphatic carbocycles. The van der Waals surface area contributed by atoms with Crippen LogP contribution in [-0.2, 0) is 0 Å². The lowest BCUT2D eigenvalue weighted by molar-refractivity contribution is 0.942. The molecule has 0 radical (unpaired) electrons. The third kappa shape index (κ3) is 9.05. The summed E-state index contributed by atoms with van der Waals surface area (Å²) in [5.74, 6) is 0.849. The van der Waals surface area contributed by atoms with Crippen LogP contribution in [0, 0.1) is 0 Å². The molecule has 3 nitrogen and oxygen atoms in total. The maximum Gasteiger partial charge on any atom is 0.159 e. The smallest absolute Gasteiger partial charge is 0.159 e. The van der Waals surface area contributed by atoms with Crippen LogP contribution in [0.3, 0.4) is 0 Å². The number of rotatable bonds is 6. The lowest BCUT2D eigenvalue weighted by Gasteiger charge is -2.08. The Kier molecular flexibility index (Phi) is 9.16. The highest BCUT2D eigenvalue weighted by Gasteiger charge is 2.01. The average molecular weight is 338 g/mol. The van der Waals surface area contributed by atoms with Gasteiger partial charge in [-0.2, -0.15) is 12.6 Å². The summed E-state index contributed by atoms with van der Waals surface area (Å²) in [6, 6.07) is 7.86. The van der Waals surface area contributed by atoms with Crippen LogP contribution in [0.4, 0.5) is 5.69 Å². The highest BCUT2D eigenvalue weighted by Crippen LogP contribution is 2.20. The van der Waals surface area contributed by atoms with Gasteiger partial charge in [-0.1, -0.05) is 56.7 Å². The molecular weight excluding hydrogens is 310 g/mol. The molecule has 0 amide bonds. The van der Waals surface area contributed by atoms with E-state index in [1.165, 1.54) is 31.0 Å². The predicted octanol–water partition coefficient (Wildman–Crippen LogP) is 4.43. The molecule has 0 bridgehead atoms. The number of nitrogens with one attached hydrogen (secondary N) is 1. The zero-order valence-corrected chi connectivity index (χ0v) is 15.2. The minimum atomic E-state index is 0.304. The molecule has 1 unspecified atom stereocenters. The minimum Gasteiger partial charge on any atom is -0.385 e. The molecule has 122 valence electrons. The van der Waals surface area contributed by atoms with Crippen LogP contribution in [0.2, 0.25) is 0 Å². The number of hydrogen-bond donors (Lipinski definition) is 3. The largest absolute Gasteiger partial charge is 0.385 e. The van der Waals surface area contributed by atoms with Gasteiger partial charge in [0.05, 0.1) is 5.69 Å². The van der Waals surface area contributed by atoms with Crippen molar-refractivity contribution in [1.29, 1.82) is 0 Å². The zero-order chi connectivity index (χ0) is 16.4. The second-order valence-electron chi connectivity index (χ2n) is 5.23. The summed E-state index contributed by atoms with van der Waals surface area (Å²) in [4.78, 5) is 4.39. The molecule has 0 heterocycles. The molecule has 1 fully saturated rings. The molecule has 22 heavy (non-hydrogen) atoms. The van der Waals surface area contributed by atoms with Crippen LogP contribution in [0.1, 0.15) is 38.7 Å². The molecule has 2 rings (SSSR count). The Morgan fingerprint density at radius 3 is 2.68 bits per heavy atom. The van der Waals surface area contributed by atoms with Gasteiger partial charge in [0.2, 0.25) is 0 Å². The van der Waals surface area contributed by atoms with Crippen molar-refractivity contribution in [2.24, 2.45) is 10.7 Å². The molecule has 1 aromatic rings. The molecule has 1 atom stereocenters. The van der Waals surface area contributed by atoms with Gasteiger partial charge in [-0.25, -0.2) is 4.99 Å². The Morgan fingerprint density at radius 1 is 1.45 bits per heavy atom. The summed E-state index contributed by atoms with van der Waals surface area (Å²) in [5.41, 5.74) is 8.65. The lowest BCUT2D eigenvalue weighted by Crippen LogP contribution is -2.10. The standard InChI is InChI=1S/C14H21N3S2.C3H6/c1-4-16-11(3)12-6-5-7-13(8-12)17-14(15)19-9-10(2)18;1-2-3-1/h5-8,10,16,18H,3-4,9H2,1-2H3,(H2,15,17);1-3H2. The van der Waals surface area contributed by atoms with E-state index in [0.29, 0.717) is 10.4 Å². The second-order valence-corrected chi connectivity index (χ2v) is 7.15. The number of nitrogens with two attached hydrogens (primary N) is 1. The fourth-order valence-electron chi connectivity index (χ4n) is 1.44. The highest BCUT2D eigenvalue weighted by molar-refractivity contribution is 8.14. The third-order valence-electron chi connectivity index (χ3n) is 2.65. The summed E-state index contributed by atoms with van der Waals surface area (Å²) >= 11 is 5.83. The second kappa shape index (κ2) is 10.6. The van der Waals surface area contributed by atoms with Gasteiger partial charge >= 0.3 is 0 Å². The van der Waals surface area contributed by atoms with Crippen LogP contribution in [-0.4, -0.2) is 22.7 Å². The Labute approximate surface area is 144 Å². The number of benzene rings is 1. The van der Waals surface area contributed by atoms with Crippen LogP contribution < -0.4 is 11.1 Å². The van der Waals surface area contributed by atoms with Crippen molar-refractivity contribution in [1.82, 2.24) is 5.32 Å². The third-order valence-corrected chi connectivity index (χ3v) is 4.13. The molecule has 1 aromatic carbocycles. The van der Waals surface area contributed by atoms with Gasteiger partial charge in [0, 0.05) is 23.2 Å². The fraction of sp³-hybridized carbons (Fsp3) is 0.471. The predicted molar refractivity (Wildman–Crippen MR) is 105 cm³/mol. The minimum absolute atomic E-state index is 0.304. The van der Waals surface area contributed by atoms with E-state index in [-0.39, 0.29) is 0 Å². The average Bonchev–Trinajstić information content (AvgIpc) is 3.34. The van der Waals surface area contributed by atoms with E-state index in [0.717, 1.165) is 29.2 Å². The van der Waals surface area contributed by atoms with E-state index in [4.69, 9.17) is 5.73 Å². The molecule has 1 saturated carbocycles. The molecule has 5 heteroatoms. The number of nitrogens with zero attached hydrogens (tertiary/aromatic N) is 1. The van der Waals surface area contributed by atoms with E-state index in [2.05, 4.69) is 29.5 Å². The Balaban J connectivity index is 0.000000714. The number of hydrogen-bond acceptors (Lipinski definition) is 4. The van der Waals surface area contributed by atoms with Gasteiger partial charge < -0.3 is 11.1 Å². The van der Waals surface area contributed by atoms with Crippen molar-refractivity contribution in [2.75, 3.05) is 12.3 Å². The quantitative estimate of drug-likeness (QED) is 0.409. The molecule has 3 N–H and O–H groups in total. The molecule has 0 aliphatic heterocycles. The Morgan fingerprint density at radius 2 is 2.14 bits per heavy atom. The van der Waals surface area contributed by atoms with Gasteiger partial charge in [0.25, 0.3) is 0 Å². The van der Waals surface area contributed by atoms with Gasteiger partial charge in [-0.05, 0) is 24.6 Å². The topological polar surface area (TPSA) is 50.4 Å². The van der Waals surface area contributed by atoms with Crippen molar-refractivity contribution in [3.8, 4) is 0 Å². The SMILES string of the molecule is C1CC1.C=C(NCC)c1cccc(N=C(N)SCC(C)S)c1. The summed E-state index contributed by atoms with van der Waals surface area (Å²) in [6.07, 6.45) is 4.50. The van der Waals surface area contributed by atoms with Crippen molar-refractivity contribution >= 4 is 40.9 Å². The van der Waals surface area contributed by atoms with Gasteiger partial charge in [-0.15, -0.1) is 0 Å². The Bertz CT molecular complexity index is 494. The molecule has 0 aromatic heterocycles. The van der Waals surface area contributed by atoms with Crippen LogP contribution in [0.15, 0.2) is 35.8 Å². The fourth-order valence-corrected chi connectivity index (χ4v) is 2.25. The number of thiol groups is 1. The normalized spacial score (nSPS) is 14.6. The molecular formula is C17H27N3S2. The van der Waals surface area contributed by atoms with Crippen LogP contribution in [0.5, 0.6) is 0 Å². The lowest BCUT2D eigenvalue weighted by atomic mass is 10.1. The number of amidine groups is 1. The highest BCUT2D eigenvalue weighted by atomic mass is 32.2. The van der Waals surface area contributed by atoms with E-state index in [1.807, 2.05) is 38.1 Å². The summed E-state index contributed by atoms with van der Waals surface area (Å²) in [6.45, 7) is 8.91. The monoisotopic (exact) mass is 337 g/mol. The van der Waals surface area contributed by atoms with Crippen molar-refractivity contribution in [2.45, 2.75) is 38.4 Å². The summed E-state index contributed by atoms with van der Waals surface area (Å²) < 4.78 is 0. The van der Waals surface area contributed by atoms with E-state index in [9.17, 15) is 0 Å². The summed E-state index contributed by atoms with van der Waals surface area (Å²) in [7, 11) is 0. The van der Waals surface area contributed by atoms with Crippen molar-refractivity contribution in [3.05, 3.63) is 36.4 Å². The first-order valence-electron chi connectivity index (χ1n) is 7.71. The maximum absolute atomic E-state index is 5.88. The van der Waals surface area contributed by atoms with Crippen LogP contribution in [0.25, 0.3) is 5.70 Å². The van der Waals surface area contributed by atoms with E-state index in [1.54, 1.807) is 0 Å².